The summed E-state index contributed by atoms with van der Waals surface area (Å²) >= 11 is 1.76. The third kappa shape index (κ3) is 4.90. The Morgan fingerprint density at radius 2 is 2.00 bits per heavy atom. The summed E-state index contributed by atoms with van der Waals surface area (Å²) in [6.45, 7) is 8.04. The molecular formula is C20H27N3O2S. The fourth-order valence-corrected chi connectivity index (χ4v) is 4.51. The summed E-state index contributed by atoms with van der Waals surface area (Å²) in [6, 6.07) is 8.89. The predicted molar refractivity (Wildman–Crippen MR) is 105 cm³/mol. The molecule has 1 saturated heterocycles. The van der Waals surface area contributed by atoms with Crippen LogP contribution >= 0.6 is 11.3 Å². The summed E-state index contributed by atoms with van der Waals surface area (Å²) < 4.78 is 0. The van der Waals surface area contributed by atoms with Crippen LogP contribution in [0.25, 0.3) is 10.6 Å². The highest BCUT2D eigenvalue weighted by atomic mass is 32.1. The Labute approximate surface area is 159 Å². The molecule has 140 valence electrons. The topological polar surface area (TPSA) is 56.7 Å². The highest BCUT2D eigenvalue weighted by Crippen LogP contribution is 2.27. The molecule has 1 aliphatic rings. The molecule has 0 atom stereocenters. The lowest BCUT2D eigenvalue weighted by atomic mass is 10.0. The van der Waals surface area contributed by atoms with E-state index in [0.29, 0.717) is 6.04 Å². The van der Waals surface area contributed by atoms with Gasteiger partial charge in [0.05, 0.1) is 6.54 Å². The number of piperidine rings is 1. The third-order valence-electron chi connectivity index (χ3n) is 5.05. The van der Waals surface area contributed by atoms with Gasteiger partial charge in [0.1, 0.15) is 5.01 Å². The molecule has 0 saturated carbocycles. The Morgan fingerprint density at radius 3 is 2.62 bits per heavy atom. The number of likely N-dealkylation sites (N-methyl/N-ethyl adjacent to an activating group) is 1. The zero-order valence-electron chi connectivity index (χ0n) is 15.5. The van der Waals surface area contributed by atoms with Crippen LogP contribution in [0.3, 0.4) is 0 Å². The first kappa shape index (κ1) is 19.0. The minimum atomic E-state index is -0.734. The van der Waals surface area contributed by atoms with Gasteiger partial charge in [0.25, 0.3) is 0 Å². The van der Waals surface area contributed by atoms with Crippen LogP contribution in [-0.2, 0) is 11.3 Å². The van der Waals surface area contributed by atoms with Crippen LogP contribution in [0.2, 0.25) is 0 Å². The minimum Gasteiger partial charge on any atom is -0.480 e. The van der Waals surface area contributed by atoms with Crippen molar-refractivity contribution in [3.05, 3.63) is 40.9 Å². The van der Waals surface area contributed by atoms with Crippen molar-refractivity contribution in [2.24, 2.45) is 0 Å². The van der Waals surface area contributed by atoms with E-state index in [0.717, 1.165) is 44.0 Å². The molecule has 6 heteroatoms. The summed E-state index contributed by atoms with van der Waals surface area (Å²) in [5, 5.41) is 10.1. The molecule has 2 heterocycles. The molecule has 26 heavy (non-hydrogen) atoms. The summed E-state index contributed by atoms with van der Waals surface area (Å²) in [5.74, 6) is -0.734. The zero-order chi connectivity index (χ0) is 18.5. The molecule has 5 nitrogen and oxygen atoms in total. The molecule has 3 rings (SSSR count). The number of hydrogen-bond donors (Lipinski definition) is 1. The van der Waals surface area contributed by atoms with E-state index in [1.54, 1.807) is 11.3 Å². The fraction of sp³-hybridized carbons (Fsp3) is 0.500. The number of benzene rings is 1. The van der Waals surface area contributed by atoms with Crippen LogP contribution in [0.1, 0.15) is 30.2 Å². The second kappa shape index (κ2) is 8.75. The second-order valence-corrected chi connectivity index (χ2v) is 8.08. The molecule has 0 aliphatic carbocycles. The van der Waals surface area contributed by atoms with Crippen molar-refractivity contribution >= 4 is 17.3 Å². The van der Waals surface area contributed by atoms with Gasteiger partial charge in [-0.15, -0.1) is 11.3 Å². The average molecular weight is 374 g/mol. The van der Waals surface area contributed by atoms with Gasteiger partial charge in [0, 0.05) is 42.3 Å². The van der Waals surface area contributed by atoms with Crippen molar-refractivity contribution < 1.29 is 9.90 Å². The van der Waals surface area contributed by atoms with Gasteiger partial charge in [0.15, 0.2) is 0 Å². The molecule has 1 aliphatic heterocycles. The summed E-state index contributed by atoms with van der Waals surface area (Å²) in [5.41, 5.74) is 2.44. The SMILES string of the molecule is CCN(CC(=O)O)C1CCN(Cc2cnc(-c3ccc(C)cc3)s2)CC1. The van der Waals surface area contributed by atoms with Crippen LogP contribution in [0.15, 0.2) is 30.5 Å². The normalized spacial score (nSPS) is 16.3. The van der Waals surface area contributed by atoms with Crippen LogP contribution in [-0.4, -0.2) is 58.1 Å². The van der Waals surface area contributed by atoms with Crippen molar-refractivity contribution in [3.8, 4) is 10.6 Å². The van der Waals surface area contributed by atoms with Gasteiger partial charge in [-0.05, 0) is 26.3 Å². The van der Waals surface area contributed by atoms with E-state index in [1.165, 1.54) is 16.0 Å². The molecule has 0 radical (unpaired) electrons. The zero-order valence-corrected chi connectivity index (χ0v) is 16.3. The first-order chi connectivity index (χ1) is 12.5. The van der Waals surface area contributed by atoms with Gasteiger partial charge in [-0.1, -0.05) is 36.8 Å². The van der Waals surface area contributed by atoms with Crippen molar-refractivity contribution in [2.45, 2.75) is 39.3 Å². The number of rotatable bonds is 7. The molecule has 0 amide bonds. The van der Waals surface area contributed by atoms with Crippen molar-refractivity contribution in [1.29, 1.82) is 0 Å². The highest BCUT2D eigenvalue weighted by Gasteiger charge is 2.25. The lowest BCUT2D eigenvalue weighted by Gasteiger charge is -2.37. The standard InChI is InChI=1S/C20H27N3O2S/c1-3-23(14-19(24)25)17-8-10-22(11-9-17)13-18-12-21-20(26-18)16-6-4-15(2)5-7-16/h4-7,12,17H,3,8-11,13-14H2,1-2H3,(H,24,25). The number of carboxylic acids is 1. The Balaban J connectivity index is 1.53. The monoisotopic (exact) mass is 373 g/mol. The van der Waals surface area contributed by atoms with Crippen LogP contribution in [0, 0.1) is 6.92 Å². The van der Waals surface area contributed by atoms with Gasteiger partial charge >= 0.3 is 5.97 Å². The number of likely N-dealkylation sites (tertiary alicyclic amines) is 1. The smallest absolute Gasteiger partial charge is 0.317 e. The van der Waals surface area contributed by atoms with Gasteiger partial charge < -0.3 is 5.11 Å². The summed E-state index contributed by atoms with van der Waals surface area (Å²) in [4.78, 5) is 21.4. The number of carbonyl (C=O) groups is 1. The predicted octanol–water partition coefficient (Wildman–Crippen LogP) is 3.49. The van der Waals surface area contributed by atoms with E-state index < -0.39 is 5.97 Å². The maximum Gasteiger partial charge on any atom is 0.317 e. The minimum absolute atomic E-state index is 0.149. The molecule has 1 aromatic heterocycles. The lowest BCUT2D eigenvalue weighted by molar-refractivity contribution is -0.139. The first-order valence-corrected chi connectivity index (χ1v) is 10.1. The number of carboxylic acid groups (broad SMARTS) is 1. The molecule has 1 N–H and O–H groups in total. The van der Waals surface area contributed by atoms with E-state index >= 15 is 0 Å². The maximum atomic E-state index is 11.0. The third-order valence-corrected chi connectivity index (χ3v) is 6.08. The van der Waals surface area contributed by atoms with Gasteiger partial charge in [-0.25, -0.2) is 4.98 Å². The fourth-order valence-electron chi connectivity index (χ4n) is 3.55. The Kier molecular flexibility index (Phi) is 6.40. The molecule has 0 unspecified atom stereocenters. The van der Waals surface area contributed by atoms with E-state index in [1.807, 2.05) is 13.1 Å². The summed E-state index contributed by atoms with van der Waals surface area (Å²) in [7, 11) is 0. The Hall–Kier alpha value is -1.76. The van der Waals surface area contributed by atoms with Crippen LogP contribution < -0.4 is 0 Å². The van der Waals surface area contributed by atoms with E-state index in [9.17, 15) is 4.79 Å². The number of nitrogens with zero attached hydrogens (tertiary/aromatic N) is 3. The molecule has 1 fully saturated rings. The van der Waals surface area contributed by atoms with E-state index in [-0.39, 0.29) is 6.54 Å². The number of hydrogen-bond acceptors (Lipinski definition) is 5. The molecule has 2 aromatic rings. The van der Waals surface area contributed by atoms with E-state index in [4.69, 9.17) is 5.11 Å². The van der Waals surface area contributed by atoms with Gasteiger partial charge in [-0.3, -0.25) is 14.6 Å². The van der Waals surface area contributed by atoms with Crippen LogP contribution in [0.4, 0.5) is 0 Å². The Morgan fingerprint density at radius 1 is 1.31 bits per heavy atom. The number of thiazole rings is 1. The molecular weight excluding hydrogens is 346 g/mol. The average Bonchev–Trinajstić information content (AvgIpc) is 3.09. The number of aryl methyl sites for hydroxylation is 1. The molecule has 0 spiro atoms. The molecule has 0 bridgehead atoms. The van der Waals surface area contributed by atoms with Crippen molar-refractivity contribution in [2.75, 3.05) is 26.2 Å². The van der Waals surface area contributed by atoms with E-state index in [2.05, 4.69) is 46.0 Å². The quantitative estimate of drug-likeness (QED) is 0.805. The van der Waals surface area contributed by atoms with Crippen molar-refractivity contribution in [3.63, 3.8) is 0 Å². The number of aliphatic carboxylic acids is 1. The molecule has 1 aromatic carbocycles. The van der Waals surface area contributed by atoms with Gasteiger partial charge in [0.2, 0.25) is 0 Å². The summed E-state index contributed by atoms with van der Waals surface area (Å²) in [6.07, 6.45) is 4.06. The number of aromatic nitrogens is 1. The Bertz CT molecular complexity index is 721. The largest absolute Gasteiger partial charge is 0.480 e. The lowest BCUT2D eigenvalue weighted by Crippen LogP contribution is -2.46. The second-order valence-electron chi connectivity index (χ2n) is 6.96. The van der Waals surface area contributed by atoms with Crippen molar-refractivity contribution in [1.82, 2.24) is 14.8 Å². The van der Waals surface area contributed by atoms with Gasteiger partial charge in [-0.2, -0.15) is 0 Å². The highest BCUT2D eigenvalue weighted by molar-refractivity contribution is 7.15. The maximum absolute atomic E-state index is 11.0. The van der Waals surface area contributed by atoms with Crippen LogP contribution in [0.5, 0.6) is 0 Å². The first-order valence-electron chi connectivity index (χ1n) is 9.25.